The van der Waals surface area contributed by atoms with Gasteiger partial charge in [-0.3, -0.25) is 10.2 Å². The molecule has 0 aliphatic carbocycles. The van der Waals surface area contributed by atoms with Gasteiger partial charge in [-0.15, -0.1) is 0 Å². The molecule has 116 valence electrons. The number of rotatable bonds is 2. The molecule has 3 rings (SSSR count). The SMILES string of the molecule is CSC1=NSC2=NC(=O)C(=Cc3ccc(C(=O)O)cc3)C(=N)N12. The molecule has 0 bridgehead atoms. The number of amides is 1. The zero-order valence-corrected chi connectivity index (χ0v) is 13.4. The monoisotopic (exact) mass is 346 g/mol. The number of hydrogen-bond donors (Lipinski definition) is 2. The van der Waals surface area contributed by atoms with Gasteiger partial charge in [-0.2, -0.15) is 9.39 Å². The van der Waals surface area contributed by atoms with E-state index in [4.69, 9.17) is 10.5 Å². The molecule has 1 amide bonds. The second kappa shape index (κ2) is 6.01. The van der Waals surface area contributed by atoms with Gasteiger partial charge >= 0.3 is 5.97 Å². The van der Waals surface area contributed by atoms with Crippen LogP contribution in [0.25, 0.3) is 6.08 Å². The Morgan fingerprint density at radius 2 is 2.09 bits per heavy atom. The van der Waals surface area contributed by atoms with E-state index in [1.54, 1.807) is 12.1 Å². The third kappa shape index (κ3) is 2.80. The maximum Gasteiger partial charge on any atom is 0.335 e. The van der Waals surface area contributed by atoms with Gasteiger partial charge in [-0.05, 0) is 30.0 Å². The summed E-state index contributed by atoms with van der Waals surface area (Å²) in [7, 11) is 0. The molecule has 2 aliphatic heterocycles. The number of carboxylic acid groups (broad SMARTS) is 1. The Balaban J connectivity index is 1.96. The van der Waals surface area contributed by atoms with Gasteiger partial charge in [0.25, 0.3) is 5.91 Å². The average Bonchev–Trinajstić information content (AvgIpc) is 2.94. The van der Waals surface area contributed by atoms with Gasteiger partial charge in [0.1, 0.15) is 5.84 Å². The summed E-state index contributed by atoms with van der Waals surface area (Å²) in [5.74, 6) is -1.51. The van der Waals surface area contributed by atoms with E-state index < -0.39 is 11.9 Å². The number of aromatic carboxylic acids is 1. The van der Waals surface area contributed by atoms with Crippen LogP contribution in [0.4, 0.5) is 0 Å². The van der Waals surface area contributed by atoms with Crippen molar-refractivity contribution in [2.24, 2.45) is 9.39 Å². The van der Waals surface area contributed by atoms with Gasteiger partial charge in [0, 0.05) is 0 Å². The van der Waals surface area contributed by atoms with Crippen molar-refractivity contribution in [3.63, 3.8) is 0 Å². The number of fused-ring (bicyclic) bond motifs is 1. The lowest BCUT2D eigenvalue weighted by atomic mass is 10.1. The van der Waals surface area contributed by atoms with E-state index in [1.165, 1.54) is 34.9 Å². The summed E-state index contributed by atoms with van der Waals surface area (Å²) in [4.78, 5) is 28.5. The van der Waals surface area contributed by atoms with Crippen LogP contribution >= 0.6 is 23.7 Å². The Hall–Kier alpha value is -2.39. The van der Waals surface area contributed by atoms with Gasteiger partial charge < -0.3 is 5.11 Å². The smallest absolute Gasteiger partial charge is 0.335 e. The number of carbonyl (C=O) groups is 2. The van der Waals surface area contributed by atoms with Crippen LogP contribution in [0.3, 0.4) is 0 Å². The molecule has 0 spiro atoms. The van der Waals surface area contributed by atoms with E-state index >= 15 is 0 Å². The van der Waals surface area contributed by atoms with Crippen molar-refractivity contribution in [3.05, 3.63) is 41.0 Å². The molecule has 0 aromatic heterocycles. The average molecular weight is 346 g/mol. The second-order valence-corrected chi connectivity index (χ2v) is 6.04. The normalized spacial score (nSPS) is 18.8. The lowest BCUT2D eigenvalue weighted by Gasteiger charge is -2.23. The highest BCUT2D eigenvalue weighted by Crippen LogP contribution is 2.31. The number of aliphatic imine (C=N–C) groups is 1. The van der Waals surface area contributed by atoms with Crippen molar-refractivity contribution in [1.29, 1.82) is 5.41 Å². The van der Waals surface area contributed by atoms with E-state index in [0.717, 1.165) is 11.9 Å². The fraction of sp³-hybridized carbons (Fsp3) is 0.0714. The van der Waals surface area contributed by atoms with E-state index in [1.807, 2.05) is 6.26 Å². The predicted octanol–water partition coefficient (Wildman–Crippen LogP) is 2.32. The summed E-state index contributed by atoms with van der Waals surface area (Å²) < 4.78 is 4.16. The summed E-state index contributed by atoms with van der Waals surface area (Å²) >= 11 is 2.44. The molecule has 0 radical (unpaired) electrons. The first-order valence-corrected chi connectivity index (χ1v) is 8.37. The molecule has 0 saturated heterocycles. The molecule has 1 aromatic carbocycles. The van der Waals surface area contributed by atoms with Gasteiger partial charge in [0.2, 0.25) is 5.17 Å². The third-order valence-corrected chi connectivity index (χ3v) is 4.60. The molecule has 0 unspecified atom stereocenters. The topological polar surface area (TPSA) is 106 Å². The third-order valence-electron chi connectivity index (χ3n) is 3.15. The molecular formula is C14H10N4O3S2. The molecule has 0 fully saturated rings. The predicted molar refractivity (Wildman–Crippen MR) is 91.9 cm³/mol. The standard InChI is InChI=1S/C14H10N4O3S2/c1-22-14-17-23-13-16-11(19)9(10(15)18(13)14)6-7-2-4-8(5-3-7)12(20)21/h2-6,15H,1H3,(H,20,21). The Morgan fingerprint density at radius 1 is 1.39 bits per heavy atom. The fourth-order valence-electron chi connectivity index (χ4n) is 2.02. The molecule has 2 N–H and O–H groups in total. The molecule has 0 saturated carbocycles. The summed E-state index contributed by atoms with van der Waals surface area (Å²) in [6.45, 7) is 0. The van der Waals surface area contributed by atoms with Crippen LogP contribution in [0.15, 0.2) is 39.2 Å². The summed E-state index contributed by atoms with van der Waals surface area (Å²) in [5.41, 5.74) is 0.919. The van der Waals surface area contributed by atoms with Crippen LogP contribution in [0.2, 0.25) is 0 Å². The van der Waals surface area contributed by atoms with Crippen molar-refractivity contribution in [1.82, 2.24) is 4.90 Å². The quantitative estimate of drug-likeness (QED) is 0.629. The molecule has 2 heterocycles. The first-order chi connectivity index (χ1) is 11.0. The number of thioether (sulfide) groups is 1. The molecule has 1 aromatic rings. The summed E-state index contributed by atoms with van der Waals surface area (Å²) in [6.07, 6.45) is 3.36. The van der Waals surface area contributed by atoms with Gasteiger partial charge in [-0.1, -0.05) is 23.9 Å². The molecular weight excluding hydrogens is 336 g/mol. The number of amidine groups is 3. The number of hydrogen-bond acceptors (Lipinski definition) is 6. The highest BCUT2D eigenvalue weighted by molar-refractivity contribution is 8.18. The molecule has 9 heteroatoms. The lowest BCUT2D eigenvalue weighted by molar-refractivity contribution is -0.114. The lowest BCUT2D eigenvalue weighted by Crippen LogP contribution is -2.41. The van der Waals surface area contributed by atoms with Crippen LogP contribution in [-0.4, -0.2) is 44.3 Å². The van der Waals surface area contributed by atoms with Crippen molar-refractivity contribution in [2.45, 2.75) is 0 Å². The van der Waals surface area contributed by atoms with Crippen molar-refractivity contribution >= 4 is 57.8 Å². The van der Waals surface area contributed by atoms with Crippen molar-refractivity contribution < 1.29 is 14.7 Å². The van der Waals surface area contributed by atoms with Crippen LogP contribution in [0, 0.1) is 5.41 Å². The number of carbonyl (C=O) groups excluding carboxylic acids is 1. The molecule has 7 nitrogen and oxygen atoms in total. The summed E-state index contributed by atoms with van der Waals surface area (Å²) in [5, 5.41) is 18.1. The molecule has 0 atom stereocenters. The van der Waals surface area contributed by atoms with Gasteiger partial charge in [-0.25, -0.2) is 9.69 Å². The Bertz CT molecular complexity index is 812. The highest BCUT2D eigenvalue weighted by atomic mass is 32.2. The largest absolute Gasteiger partial charge is 0.478 e. The Labute approximate surface area is 139 Å². The van der Waals surface area contributed by atoms with Gasteiger partial charge in [0.15, 0.2) is 5.17 Å². The molecule has 2 aliphatic rings. The van der Waals surface area contributed by atoms with Crippen LogP contribution in [0.1, 0.15) is 15.9 Å². The van der Waals surface area contributed by atoms with E-state index in [-0.39, 0.29) is 17.0 Å². The van der Waals surface area contributed by atoms with E-state index in [0.29, 0.717) is 15.9 Å². The second-order valence-electron chi connectivity index (χ2n) is 4.54. The van der Waals surface area contributed by atoms with Gasteiger partial charge in [0.05, 0.1) is 23.1 Å². The highest BCUT2D eigenvalue weighted by Gasteiger charge is 2.36. The summed E-state index contributed by atoms with van der Waals surface area (Å²) in [6, 6.07) is 6.05. The minimum Gasteiger partial charge on any atom is -0.478 e. The zero-order valence-electron chi connectivity index (χ0n) is 11.8. The Morgan fingerprint density at radius 3 is 2.70 bits per heavy atom. The van der Waals surface area contributed by atoms with Crippen LogP contribution < -0.4 is 0 Å². The minimum absolute atomic E-state index is 0.0143. The number of carboxylic acids is 1. The maximum absolute atomic E-state index is 12.1. The Kier molecular flexibility index (Phi) is 4.05. The first kappa shape index (κ1) is 15.5. The minimum atomic E-state index is -1.02. The van der Waals surface area contributed by atoms with Crippen molar-refractivity contribution in [3.8, 4) is 0 Å². The fourth-order valence-corrected chi connectivity index (χ4v) is 3.47. The maximum atomic E-state index is 12.1. The zero-order chi connectivity index (χ0) is 16.6. The van der Waals surface area contributed by atoms with Crippen LogP contribution in [-0.2, 0) is 4.79 Å². The molecule has 23 heavy (non-hydrogen) atoms. The number of benzene rings is 1. The van der Waals surface area contributed by atoms with E-state index in [2.05, 4.69) is 9.39 Å². The number of nitrogens with zero attached hydrogens (tertiary/aromatic N) is 3. The van der Waals surface area contributed by atoms with Crippen molar-refractivity contribution in [2.75, 3.05) is 6.26 Å². The first-order valence-electron chi connectivity index (χ1n) is 6.37. The van der Waals surface area contributed by atoms with Crippen LogP contribution in [0.5, 0.6) is 0 Å². The van der Waals surface area contributed by atoms with E-state index in [9.17, 15) is 9.59 Å². The number of nitrogens with one attached hydrogen (secondary N) is 1.